The van der Waals surface area contributed by atoms with E-state index in [9.17, 15) is 0 Å². The van der Waals surface area contributed by atoms with Gasteiger partial charge in [-0.1, -0.05) is 15.9 Å². The molecule has 5 nitrogen and oxygen atoms in total. The highest BCUT2D eigenvalue weighted by molar-refractivity contribution is 9.10. The molecule has 0 bridgehead atoms. The number of rotatable bonds is 2. The fourth-order valence-corrected chi connectivity index (χ4v) is 2.34. The van der Waals surface area contributed by atoms with Gasteiger partial charge in [-0.2, -0.15) is 5.10 Å². The molecule has 2 aromatic heterocycles. The van der Waals surface area contributed by atoms with E-state index >= 15 is 0 Å². The van der Waals surface area contributed by atoms with Crippen molar-refractivity contribution in [1.29, 1.82) is 0 Å². The smallest absolute Gasteiger partial charge is 0.201 e. The maximum Gasteiger partial charge on any atom is 0.201 e. The molecule has 6 heteroatoms. The third-order valence-electron chi connectivity index (χ3n) is 2.83. The normalized spacial score (nSPS) is 11.2. The molecule has 0 amide bonds. The summed E-state index contributed by atoms with van der Waals surface area (Å²) < 4.78 is 4.75. The molecule has 18 heavy (non-hydrogen) atoms. The van der Waals surface area contributed by atoms with Crippen LogP contribution in [0.15, 0.2) is 34.9 Å². The number of aryl methyl sites for hydroxylation is 1. The van der Waals surface area contributed by atoms with Crippen molar-refractivity contribution in [2.75, 3.05) is 5.73 Å². The van der Waals surface area contributed by atoms with Gasteiger partial charge in [0.05, 0.1) is 23.3 Å². The summed E-state index contributed by atoms with van der Waals surface area (Å²) in [5.74, 6) is 0.508. The van der Waals surface area contributed by atoms with E-state index in [1.165, 1.54) is 0 Å². The predicted octanol–water partition coefficient (Wildman–Crippen LogP) is 2.16. The Kier molecular flexibility index (Phi) is 2.59. The molecule has 0 radical (unpaired) electrons. The van der Waals surface area contributed by atoms with Gasteiger partial charge >= 0.3 is 0 Å². The first-order chi connectivity index (χ1) is 8.63. The van der Waals surface area contributed by atoms with Crippen molar-refractivity contribution in [3.05, 3.63) is 40.6 Å². The van der Waals surface area contributed by atoms with Crippen molar-refractivity contribution in [2.45, 2.75) is 6.54 Å². The van der Waals surface area contributed by atoms with E-state index in [0.29, 0.717) is 12.5 Å². The van der Waals surface area contributed by atoms with Crippen LogP contribution >= 0.6 is 15.9 Å². The molecule has 3 rings (SSSR count). The van der Waals surface area contributed by atoms with Gasteiger partial charge in [-0.3, -0.25) is 4.68 Å². The molecule has 3 aromatic rings. The van der Waals surface area contributed by atoms with Gasteiger partial charge in [0.1, 0.15) is 0 Å². The summed E-state index contributed by atoms with van der Waals surface area (Å²) in [5.41, 5.74) is 8.82. The van der Waals surface area contributed by atoms with Gasteiger partial charge in [0.25, 0.3) is 0 Å². The van der Waals surface area contributed by atoms with Gasteiger partial charge < -0.3 is 10.3 Å². The van der Waals surface area contributed by atoms with Crippen LogP contribution in [0.2, 0.25) is 0 Å². The van der Waals surface area contributed by atoms with Crippen molar-refractivity contribution in [2.24, 2.45) is 7.05 Å². The standard InChI is InChI=1S/C12H12BrN5/c1-17-5-4-9(16-17)7-18-11-6-8(13)2-3-10(11)15-12(18)14/h2-6H,7H2,1H3,(H2,14,15). The van der Waals surface area contributed by atoms with E-state index in [4.69, 9.17) is 5.73 Å². The Labute approximate surface area is 112 Å². The molecule has 0 aliphatic rings. The second kappa shape index (κ2) is 4.13. The number of nitrogen functional groups attached to an aromatic ring is 1. The maximum absolute atomic E-state index is 5.96. The molecule has 0 fully saturated rings. The minimum atomic E-state index is 0.508. The zero-order valence-corrected chi connectivity index (χ0v) is 11.4. The Bertz CT molecular complexity index is 712. The SMILES string of the molecule is Cn1ccc(Cn2c(N)nc3ccc(Br)cc32)n1. The predicted molar refractivity (Wildman–Crippen MR) is 74.2 cm³/mol. The first kappa shape index (κ1) is 11.3. The molecule has 2 N–H and O–H groups in total. The van der Waals surface area contributed by atoms with Gasteiger partial charge in [0, 0.05) is 17.7 Å². The van der Waals surface area contributed by atoms with E-state index in [0.717, 1.165) is 21.2 Å². The first-order valence-corrected chi connectivity index (χ1v) is 6.32. The van der Waals surface area contributed by atoms with Crippen molar-refractivity contribution < 1.29 is 0 Å². The Morgan fingerprint density at radius 1 is 1.33 bits per heavy atom. The zero-order valence-electron chi connectivity index (χ0n) is 9.84. The Morgan fingerprint density at radius 3 is 2.89 bits per heavy atom. The van der Waals surface area contributed by atoms with Crippen molar-refractivity contribution in [3.63, 3.8) is 0 Å². The number of hydrogen-bond donors (Lipinski definition) is 1. The van der Waals surface area contributed by atoms with Crippen LogP contribution in [-0.4, -0.2) is 19.3 Å². The van der Waals surface area contributed by atoms with Crippen LogP contribution in [0.4, 0.5) is 5.95 Å². The quantitative estimate of drug-likeness (QED) is 0.789. The molecule has 0 saturated carbocycles. The van der Waals surface area contributed by atoms with E-state index in [1.807, 2.05) is 42.1 Å². The number of fused-ring (bicyclic) bond motifs is 1. The van der Waals surface area contributed by atoms with Crippen LogP contribution in [0.5, 0.6) is 0 Å². The average molecular weight is 306 g/mol. The number of halogens is 1. The topological polar surface area (TPSA) is 61.7 Å². The van der Waals surface area contributed by atoms with Crippen molar-refractivity contribution in [3.8, 4) is 0 Å². The lowest BCUT2D eigenvalue weighted by Crippen LogP contribution is -2.05. The average Bonchev–Trinajstić information content (AvgIpc) is 2.86. The lowest BCUT2D eigenvalue weighted by Gasteiger charge is -2.04. The molecule has 0 atom stereocenters. The highest BCUT2D eigenvalue weighted by atomic mass is 79.9. The summed E-state index contributed by atoms with van der Waals surface area (Å²) in [6.07, 6.45) is 1.92. The molecule has 0 aliphatic heterocycles. The van der Waals surface area contributed by atoms with Gasteiger partial charge in [-0.25, -0.2) is 4.98 Å². The van der Waals surface area contributed by atoms with E-state index in [2.05, 4.69) is 26.0 Å². The number of imidazole rings is 1. The van der Waals surface area contributed by atoms with Crippen LogP contribution in [0.1, 0.15) is 5.69 Å². The van der Waals surface area contributed by atoms with Gasteiger partial charge in [0.2, 0.25) is 5.95 Å². The Morgan fingerprint density at radius 2 is 2.17 bits per heavy atom. The van der Waals surface area contributed by atoms with E-state index in [1.54, 1.807) is 4.68 Å². The Hall–Kier alpha value is -1.82. The van der Waals surface area contributed by atoms with Gasteiger partial charge in [-0.15, -0.1) is 0 Å². The molecule has 0 unspecified atom stereocenters. The molecule has 2 heterocycles. The third kappa shape index (κ3) is 1.88. The van der Waals surface area contributed by atoms with Crippen LogP contribution < -0.4 is 5.73 Å². The van der Waals surface area contributed by atoms with Crippen LogP contribution in [-0.2, 0) is 13.6 Å². The van der Waals surface area contributed by atoms with Gasteiger partial charge in [-0.05, 0) is 24.3 Å². The monoisotopic (exact) mass is 305 g/mol. The third-order valence-corrected chi connectivity index (χ3v) is 3.32. The molecular formula is C12H12BrN5. The molecular weight excluding hydrogens is 294 g/mol. The number of hydrogen-bond acceptors (Lipinski definition) is 3. The minimum absolute atomic E-state index is 0.508. The van der Waals surface area contributed by atoms with Crippen LogP contribution in [0.25, 0.3) is 11.0 Å². The number of nitrogens with zero attached hydrogens (tertiary/aromatic N) is 4. The minimum Gasteiger partial charge on any atom is -0.369 e. The molecule has 1 aromatic carbocycles. The largest absolute Gasteiger partial charge is 0.369 e. The highest BCUT2D eigenvalue weighted by Gasteiger charge is 2.10. The maximum atomic E-state index is 5.96. The van der Waals surface area contributed by atoms with Gasteiger partial charge in [0.15, 0.2) is 0 Å². The van der Waals surface area contributed by atoms with E-state index < -0.39 is 0 Å². The van der Waals surface area contributed by atoms with Crippen molar-refractivity contribution >= 4 is 32.9 Å². The first-order valence-electron chi connectivity index (χ1n) is 5.53. The second-order valence-electron chi connectivity index (χ2n) is 4.17. The fourth-order valence-electron chi connectivity index (χ4n) is 1.99. The van der Waals surface area contributed by atoms with Crippen molar-refractivity contribution in [1.82, 2.24) is 19.3 Å². The highest BCUT2D eigenvalue weighted by Crippen LogP contribution is 2.22. The summed E-state index contributed by atoms with van der Waals surface area (Å²) in [4.78, 5) is 4.34. The fraction of sp³-hybridized carbons (Fsp3) is 0.167. The summed E-state index contributed by atoms with van der Waals surface area (Å²) in [5, 5.41) is 4.36. The number of anilines is 1. The van der Waals surface area contributed by atoms with Crippen LogP contribution in [0.3, 0.4) is 0 Å². The molecule has 92 valence electrons. The Balaban J connectivity index is 2.10. The summed E-state index contributed by atoms with van der Waals surface area (Å²) in [7, 11) is 1.90. The summed E-state index contributed by atoms with van der Waals surface area (Å²) in [6.45, 7) is 0.625. The lowest BCUT2D eigenvalue weighted by molar-refractivity contribution is 0.717. The lowest BCUT2D eigenvalue weighted by atomic mass is 10.3. The van der Waals surface area contributed by atoms with E-state index in [-0.39, 0.29) is 0 Å². The summed E-state index contributed by atoms with van der Waals surface area (Å²) in [6, 6.07) is 7.90. The zero-order chi connectivity index (χ0) is 12.7. The molecule has 0 saturated heterocycles. The number of benzene rings is 1. The van der Waals surface area contributed by atoms with Crippen LogP contribution in [0, 0.1) is 0 Å². The molecule has 0 aliphatic carbocycles. The second-order valence-corrected chi connectivity index (χ2v) is 5.09. The summed E-state index contributed by atoms with van der Waals surface area (Å²) >= 11 is 3.46. The number of nitrogens with two attached hydrogens (primary N) is 1. The number of aromatic nitrogens is 4. The molecule has 0 spiro atoms.